The third kappa shape index (κ3) is 2.84. The third-order valence-electron chi connectivity index (χ3n) is 3.58. The van der Waals surface area contributed by atoms with Crippen LogP contribution in [0.15, 0.2) is 24.3 Å². The Hall–Kier alpha value is -1.45. The smallest absolute Gasteiger partial charge is 0.133 e. The SMILES string of the molecule is CCCc1nc(Cc2ccc(Cl)cc2)nc2c1CNC2. The summed E-state index contributed by atoms with van der Waals surface area (Å²) in [4.78, 5) is 9.48. The van der Waals surface area contributed by atoms with E-state index in [2.05, 4.69) is 12.2 Å². The molecule has 0 radical (unpaired) electrons. The van der Waals surface area contributed by atoms with Crippen LogP contribution in [0.2, 0.25) is 5.02 Å². The van der Waals surface area contributed by atoms with Crippen molar-refractivity contribution in [1.82, 2.24) is 15.3 Å². The van der Waals surface area contributed by atoms with Gasteiger partial charge in [0.1, 0.15) is 5.82 Å². The molecule has 0 fully saturated rings. The van der Waals surface area contributed by atoms with E-state index in [1.165, 1.54) is 22.5 Å². The number of nitrogens with zero attached hydrogens (tertiary/aromatic N) is 2. The largest absolute Gasteiger partial charge is 0.307 e. The molecule has 0 spiro atoms. The first-order valence-electron chi connectivity index (χ1n) is 7.09. The Morgan fingerprint density at radius 1 is 1.15 bits per heavy atom. The monoisotopic (exact) mass is 287 g/mol. The van der Waals surface area contributed by atoms with E-state index >= 15 is 0 Å². The van der Waals surface area contributed by atoms with Crippen molar-refractivity contribution in [3.63, 3.8) is 0 Å². The summed E-state index contributed by atoms with van der Waals surface area (Å²) in [5.41, 5.74) is 4.90. The standard InChI is InChI=1S/C16H18ClN3/c1-2-3-14-13-9-18-10-15(13)20-16(19-14)8-11-4-6-12(17)7-5-11/h4-7,18H,2-3,8-10H2,1H3. The van der Waals surface area contributed by atoms with Gasteiger partial charge < -0.3 is 5.32 Å². The number of aromatic nitrogens is 2. The fourth-order valence-corrected chi connectivity index (χ4v) is 2.73. The summed E-state index contributed by atoms with van der Waals surface area (Å²) in [6, 6.07) is 7.91. The van der Waals surface area contributed by atoms with Gasteiger partial charge in [0, 0.05) is 35.8 Å². The topological polar surface area (TPSA) is 37.8 Å². The lowest BCUT2D eigenvalue weighted by molar-refractivity contribution is 0.753. The molecule has 104 valence electrons. The van der Waals surface area contributed by atoms with Gasteiger partial charge in [-0.15, -0.1) is 0 Å². The van der Waals surface area contributed by atoms with Crippen LogP contribution in [0, 0.1) is 0 Å². The second-order valence-corrected chi connectivity index (χ2v) is 5.61. The maximum absolute atomic E-state index is 5.92. The van der Waals surface area contributed by atoms with Crippen LogP contribution in [-0.4, -0.2) is 9.97 Å². The molecule has 0 saturated carbocycles. The maximum atomic E-state index is 5.92. The molecule has 3 nitrogen and oxygen atoms in total. The minimum Gasteiger partial charge on any atom is -0.307 e. The molecule has 0 aliphatic carbocycles. The average molecular weight is 288 g/mol. The van der Waals surface area contributed by atoms with Gasteiger partial charge in [0.05, 0.1) is 5.69 Å². The van der Waals surface area contributed by atoms with Crippen molar-refractivity contribution in [3.05, 3.63) is 57.6 Å². The van der Waals surface area contributed by atoms with Crippen molar-refractivity contribution in [2.24, 2.45) is 0 Å². The van der Waals surface area contributed by atoms with Crippen molar-refractivity contribution < 1.29 is 0 Å². The Morgan fingerprint density at radius 3 is 2.70 bits per heavy atom. The first-order chi connectivity index (χ1) is 9.76. The van der Waals surface area contributed by atoms with Gasteiger partial charge in [-0.3, -0.25) is 0 Å². The van der Waals surface area contributed by atoms with E-state index in [0.29, 0.717) is 0 Å². The van der Waals surface area contributed by atoms with E-state index in [1.54, 1.807) is 0 Å². The van der Waals surface area contributed by atoms with Gasteiger partial charge in [0.25, 0.3) is 0 Å². The quantitative estimate of drug-likeness (QED) is 0.938. The molecule has 20 heavy (non-hydrogen) atoms. The molecule has 0 saturated heterocycles. The van der Waals surface area contributed by atoms with Crippen molar-refractivity contribution >= 4 is 11.6 Å². The molecule has 3 rings (SSSR count). The molecule has 2 heterocycles. The van der Waals surface area contributed by atoms with E-state index in [9.17, 15) is 0 Å². The van der Waals surface area contributed by atoms with Gasteiger partial charge in [-0.25, -0.2) is 9.97 Å². The van der Waals surface area contributed by atoms with Gasteiger partial charge >= 0.3 is 0 Å². The molecular weight excluding hydrogens is 270 g/mol. The molecule has 1 aliphatic heterocycles. The fraction of sp³-hybridized carbons (Fsp3) is 0.375. The summed E-state index contributed by atoms with van der Waals surface area (Å²) in [5.74, 6) is 0.915. The highest BCUT2D eigenvalue weighted by atomic mass is 35.5. The van der Waals surface area contributed by atoms with Gasteiger partial charge in [-0.05, 0) is 24.1 Å². The lowest BCUT2D eigenvalue weighted by Crippen LogP contribution is -2.06. The normalized spacial score (nSPS) is 13.5. The molecule has 2 aromatic rings. The van der Waals surface area contributed by atoms with Gasteiger partial charge in [-0.1, -0.05) is 37.1 Å². The van der Waals surface area contributed by atoms with Crippen LogP contribution < -0.4 is 5.32 Å². The van der Waals surface area contributed by atoms with Gasteiger partial charge in [0.15, 0.2) is 0 Å². The van der Waals surface area contributed by atoms with Crippen LogP contribution in [0.25, 0.3) is 0 Å². The summed E-state index contributed by atoms with van der Waals surface area (Å²) >= 11 is 5.92. The fourth-order valence-electron chi connectivity index (χ4n) is 2.60. The number of rotatable bonds is 4. The number of hydrogen-bond donors (Lipinski definition) is 1. The van der Waals surface area contributed by atoms with Crippen LogP contribution in [0.1, 0.15) is 41.7 Å². The Balaban J connectivity index is 1.89. The van der Waals surface area contributed by atoms with Crippen LogP contribution in [0.4, 0.5) is 0 Å². The Labute approximate surface area is 124 Å². The van der Waals surface area contributed by atoms with Gasteiger partial charge in [-0.2, -0.15) is 0 Å². The molecule has 1 aromatic heterocycles. The molecule has 1 aromatic carbocycles. The van der Waals surface area contributed by atoms with Crippen molar-refractivity contribution in [3.8, 4) is 0 Å². The van der Waals surface area contributed by atoms with Crippen LogP contribution in [0.3, 0.4) is 0 Å². The molecule has 0 unspecified atom stereocenters. The number of benzene rings is 1. The molecule has 1 N–H and O–H groups in total. The molecule has 0 bridgehead atoms. The summed E-state index contributed by atoms with van der Waals surface area (Å²) in [6.07, 6.45) is 2.91. The highest BCUT2D eigenvalue weighted by Gasteiger charge is 2.18. The summed E-state index contributed by atoms with van der Waals surface area (Å²) in [6.45, 7) is 3.96. The number of halogens is 1. The van der Waals surface area contributed by atoms with E-state index in [1.807, 2.05) is 24.3 Å². The number of nitrogens with one attached hydrogen (secondary N) is 1. The van der Waals surface area contributed by atoms with E-state index in [0.717, 1.165) is 43.2 Å². The highest BCUT2D eigenvalue weighted by Crippen LogP contribution is 2.20. The lowest BCUT2D eigenvalue weighted by atomic mass is 10.1. The highest BCUT2D eigenvalue weighted by molar-refractivity contribution is 6.30. The lowest BCUT2D eigenvalue weighted by Gasteiger charge is -2.09. The summed E-state index contributed by atoms with van der Waals surface area (Å²) < 4.78 is 0. The average Bonchev–Trinajstić information content (AvgIpc) is 2.90. The van der Waals surface area contributed by atoms with Crippen molar-refractivity contribution in [1.29, 1.82) is 0 Å². The summed E-state index contributed by atoms with van der Waals surface area (Å²) in [5, 5.41) is 4.13. The zero-order valence-electron chi connectivity index (χ0n) is 11.6. The van der Waals surface area contributed by atoms with E-state index in [-0.39, 0.29) is 0 Å². The predicted molar refractivity (Wildman–Crippen MR) is 80.8 cm³/mol. The first kappa shape index (κ1) is 13.5. The van der Waals surface area contributed by atoms with Crippen LogP contribution >= 0.6 is 11.6 Å². The second-order valence-electron chi connectivity index (χ2n) is 5.17. The Morgan fingerprint density at radius 2 is 1.95 bits per heavy atom. The van der Waals surface area contributed by atoms with E-state index < -0.39 is 0 Å². The third-order valence-corrected chi connectivity index (χ3v) is 3.83. The van der Waals surface area contributed by atoms with Crippen LogP contribution in [-0.2, 0) is 25.9 Å². The second kappa shape index (κ2) is 5.90. The Kier molecular flexibility index (Phi) is 3.99. The maximum Gasteiger partial charge on any atom is 0.133 e. The molecule has 0 amide bonds. The van der Waals surface area contributed by atoms with Crippen molar-refractivity contribution in [2.75, 3.05) is 0 Å². The number of fused-ring (bicyclic) bond motifs is 1. The molecule has 1 aliphatic rings. The Bertz CT molecular complexity index is 608. The zero-order chi connectivity index (χ0) is 13.9. The first-order valence-corrected chi connectivity index (χ1v) is 7.46. The summed E-state index contributed by atoms with van der Waals surface area (Å²) in [7, 11) is 0. The minimum atomic E-state index is 0.763. The minimum absolute atomic E-state index is 0.763. The predicted octanol–water partition coefficient (Wildman–Crippen LogP) is 3.28. The molecule has 4 heteroatoms. The van der Waals surface area contributed by atoms with E-state index in [4.69, 9.17) is 21.6 Å². The van der Waals surface area contributed by atoms with Crippen LogP contribution in [0.5, 0.6) is 0 Å². The zero-order valence-corrected chi connectivity index (χ0v) is 12.4. The van der Waals surface area contributed by atoms with Crippen molar-refractivity contribution in [2.45, 2.75) is 39.3 Å². The molecule has 0 atom stereocenters. The number of hydrogen-bond acceptors (Lipinski definition) is 3. The molecular formula is C16H18ClN3. The number of aryl methyl sites for hydroxylation is 1. The van der Waals surface area contributed by atoms with Gasteiger partial charge in [0.2, 0.25) is 0 Å².